The van der Waals surface area contributed by atoms with Crippen LogP contribution in [0.2, 0.25) is 0 Å². The highest BCUT2D eigenvalue weighted by Gasteiger charge is 2.32. The fourth-order valence-corrected chi connectivity index (χ4v) is 5.86. The fourth-order valence-electron chi connectivity index (χ4n) is 5.86. The van der Waals surface area contributed by atoms with Crippen LogP contribution in [0.5, 0.6) is 0 Å². The smallest absolute Gasteiger partial charge is 0.317 e. The number of rotatable bonds is 9. The van der Waals surface area contributed by atoms with E-state index in [0.29, 0.717) is 38.3 Å². The normalized spacial score (nSPS) is 13.7. The summed E-state index contributed by atoms with van der Waals surface area (Å²) in [5.41, 5.74) is 5.72. The van der Waals surface area contributed by atoms with Gasteiger partial charge in [-0.25, -0.2) is 9.18 Å². The number of benzene rings is 3. The lowest BCUT2D eigenvalue weighted by molar-refractivity contribution is 0.0950. The number of hydrogen-bond donors (Lipinski definition) is 3. The molecule has 0 spiro atoms. The number of carbonyl (C=O) groups is 2. The van der Waals surface area contributed by atoms with Gasteiger partial charge in [-0.3, -0.25) is 9.89 Å². The maximum absolute atomic E-state index is 14.0. The van der Waals surface area contributed by atoms with Crippen LogP contribution in [0, 0.1) is 5.82 Å². The van der Waals surface area contributed by atoms with Gasteiger partial charge >= 0.3 is 6.03 Å². The quantitative estimate of drug-likeness (QED) is 0.233. The first kappa shape index (κ1) is 27.5. The second-order valence-electron chi connectivity index (χ2n) is 11.2. The van der Waals surface area contributed by atoms with Crippen LogP contribution in [0.1, 0.15) is 29.9 Å². The largest absolute Gasteiger partial charge is 0.384 e. The predicted molar refractivity (Wildman–Crippen MR) is 161 cm³/mol. The molecule has 1 fully saturated rings. The van der Waals surface area contributed by atoms with Gasteiger partial charge in [0.05, 0.1) is 23.8 Å². The molecule has 0 radical (unpaired) electrons. The van der Waals surface area contributed by atoms with Crippen molar-refractivity contribution in [1.82, 2.24) is 30.3 Å². The van der Waals surface area contributed by atoms with Gasteiger partial charge in [-0.05, 0) is 54.1 Å². The van der Waals surface area contributed by atoms with E-state index in [1.54, 1.807) is 30.3 Å². The van der Waals surface area contributed by atoms with Crippen molar-refractivity contribution < 1.29 is 18.7 Å². The van der Waals surface area contributed by atoms with Gasteiger partial charge < -0.3 is 24.8 Å². The number of amides is 3. The highest BCUT2D eigenvalue weighted by molar-refractivity contribution is 6.06. The molecule has 9 nitrogen and oxygen atoms in total. The molecule has 0 bridgehead atoms. The molecule has 2 aromatic heterocycles. The number of aromatic nitrogens is 3. The molecule has 216 valence electrons. The van der Waals surface area contributed by atoms with Crippen LogP contribution < -0.4 is 10.6 Å². The topological polar surface area (TPSA) is 104 Å². The molecule has 0 unspecified atom stereocenters. The highest BCUT2D eigenvalue weighted by Crippen LogP contribution is 2.44. The Hall–Kier alpha value is -4.70. The van der Waals surface area contributed by atoms with Gasteiger partial charge in [0, 0.05) is 72.0 Å². The van der Waals surface area contributed by atoms with Crippen molar-refractivity contribution >= 4 is 33.7 Å². The number of methoxy groups -OCH3 is 1. The molecule has 1 aliphatic heterocycles. The van der Waals surface area contributed by atoms with Gasteiger partial charge in [-0.15, -0.1) is 0 Å². The van der Waals surface area contributed by atoms with Crippen LogP contribution >= 0.6 is 0 Å². The van der Waals surface area contributed by atoms with Gasteiger partial charge in [0.15, 0.2) is 0 Å². The summed E-state index contributed by atoms with van der Waals surface area (Å²) < 4.78 is 21.8. The minimum Gasteiger partial charge on any atom is -0.384 e. The summed E-state index contributed by atoms with van der Waals surface area (Å²) in [7, 11) is 1.69. The predicted octanol–water partition coefficient (Wildman–Crippen LogP) is 4.99. The van der Waals surface area contributed by atoms with Crippen molar-refractivity contribution in [2.24, 2.45) is 0 Å². The van der Waals surface area contributed by atoms with Crippen LogP contribution in [0.15, 0.2) is 66.9 Å². The van der Waals surface area contributed by atoms with Crippen molar-refractivity contribution in [3.8, 4) is 16.8 Å². The molecule has 42 heavy (non-hydrogen) atoms. The maximum Gasteiger partial charge on any atom is 0.317 e. The lowest BCUT2D eigenvalue weighted by Gasteiger charge is -2.28. The second kappa shape index (κ2) is 10.9. The summed E-state index contributed by atoms with van der Waals surface area (Å²) in [5, 5.41) is 14.9. The maximum atomic E-state index is 14.0. The number of hydrogen-bond acceptors (Lipinski definition) is 4. The molecule has 3 heterocycles. The number of fused-ring (bicyclic) bond motifs is 2. The molecule has 6 rings (SSSR count). The number of ether oxygens (including phenoxy) is 1. The summed E-state index contributed by atoms with van der Waals surface area (Å²) >= 11 is 0. The molecule has 0 saturated carbocycles. The van der Waals surface area contributed by atoms with E-state index in [4.69, 9.17) is 4.74 Å². The molecule has 0 aliphatic carbocycles. The lowest BCUT2D eigenvalue weighted by atomic mass is 9.84. The number of nitrogens with one attached hydrogen (secondary N) is 3. The molecule has 5 aromatic rings. The molecule has 1 aliphatic rings. The monoisotopic (exact) mass is 568 g/mol. The standard InChI is InChI=1S/C32H33FN6O3/c1-32(2,19-42-3)29-28(20-4-6-21(7-5-20)30(40)34-12-14-38-15-13-35-31(38)41)25-17-26-22(18-36-37-26)16-27(25)39(29)24-10-8-23(33)9-11-24/h4-11,16-18H,12-15,19H2,1-3H3,(H,34,40)(H,35,41)(H,36,37). The molecule has 3 N–H and O–H groups in total. The van der Waals surface area contributed by atoms with Crippen LogP contribution in [0.3, 0.4) is 0 Å². The SMILES string of the molecule is COCC(C)(C)c1c(-c2ccc(C(=O)NCCN3CCNC3=O)cc2)c2cc3[nH]ncc3cc2n1-c1ccc(F)cc1. The minimum atomic E-state index is -0.443. The van der Waals surface area contributed by atoms with E-state index in [9.17, 15) is 14.0 Å². The first-order chi connectivity index (χ1) is 20.3. The Balaban J connectivity index is 1.44. The summed E-state index contributed by atoms with van der Waals surface area (Å²) in [5.74, 6) is -0.503. The number of carbonyl (C=O) groups excluding carboxylic acids is 2. The molecular formula is C32H33FN6O3. The van der Waals surface area contributed by atoms with E-state index in [2.05, 4.69) is 51.4 Å². The highest BCUT2D eigenvalue weighted by atomic mass is 19.1. The van der Waals surface area contributed by atoms with E-state index >= 15 is 0 Å². The molecule has 3 aromatic carbocycles. The van der Waals surface area contributed by atoms with Crippen LogP contribution in [-0.2, 0) is 10.2 Å². The summed E-state index contributed by atoms with van der Waals surface area (Å²) in [6.07, 6.45) is 1.79. The molecule has 0 atom stereocenters. The Morgan fingerprint density at radius 2 is 1.88 bits per heavy atom. The van der Waals surface area contributed by atoms with Gasteiger partial charge in [-0.2, -0.15) is 5.10 Å². The number of H-pyrrole nitrogens is 1. The average Bonchev–Trinajstić information content (AvgIpc) is 3.69. The van der Waals surface area contributed by atoms with E-state index in [-0.39, 0.29) is 17.8 Å². The Labute approximate surface area is 242 Å². The Bertz CT molecular complexity index is 1770. The van der Waals surface area contributed by atoms with E-state index in [0.717, 1.165) is 44.3 Å². The van der Waals surface area contributed by atoms with Crippen molar-refractivity contribution in [1.29, 1.82) is 0 Å². The minimum absolute atomic E-state index is 0.104. The zero-order chi connectivity index (χ0) is 29.4. The van der Waals surface area contributed by atoms with Gasteiger partial charge in [0.1, 0.15) is 5.82 Å². The van der Waals surface area contributed by atoms with Crippen molar-refractivity contribution in [2.75, 3.05) is 39.9 Å². The van der Waals surface area contributed by atoms with E-state index in [1.165, 1.54) is 12.1 Å². The zero-order valence-electron chi connectivity index (χ0n) is 23.8. The lowest BCUT2D eigenvalue weighted by Crippen LogP contribution is -2.36. The first-order valence-corrected chi connectivity index (χ1v) is 13.9. The summed E-state index contributed by atoms with van der Waals surface area (Å²) in [4.78, 5) is 26.4. The van der Waals surface area contributed by atoms with E-state index in [1.807, 2.05) is 24.3 Å². The summed E-state index contributed by atoms with van der Waals surface area (Å²) in [6.45, 7) is 6.80. The van der Waals surface area contributed by atoms with Crippen molar-refractivity contribution in [3.63, 3.8) is 0 Å². The van der Waals surface area contributed by atoms with Gasteiger partial charge in [-0.1, -0.05) is 26.0 Å². The second-order valence-corrected chi connectivity index (χ2v) is 11.2. The first-order valence-electron chi connectivity index (χ1n) is 13.9. The van der Waals surface area contributed by atoms with Crippen molar-refractivity contribution in [2.45, 2.75) is 19.3 Å². The number of aromatic amines is 1. The Kier molecular flexibility index (Phi) is 7.16. The third-order valence-electron chi connectivity index (χ3n) is 7.81. The third-order valence-corrected chi connectivity index (χ3v) is 7.81. The summed E-state index contributed by atoms with van der Waals surface area (Å²) in [6, 6.07) is 18.1. The van der Waals surface area contributed by atoms with Crippen molar-refractivity contribution in [3.05, 3.63) is 83.9 Å². The van der Waals surface area contributed by atoms with Crippen LogP contribution in [-0.4, -0.2) is 71.5 Å². The van der Waals surface area contributed by atoms with Gasteiger partial charge in [0.25, 0.3) is 5.91 Å². The number of urea groups is 1. The van der Waals surface area contributed by atoms with E-state index < -0.39 is 5.41 Å². The Morgan fingerprint density at radius 1 is 1.12 bits per heavy atom. The zero-order valence-corrected chi connectivity index (χ0v) is 23.8. The van der Waals surface area contributed by atoms with Crippen LogP contribution in [0.4, 0.5) is 9.18 Å². The molecule has 3 amide bonds. The van der Waals surface area contributed by atoms with Crippen LogP contribution in [0.25, 0.3) is 38.6 Å². The Morgan fingerprint density at radius 3 is 2.57 bits per heavy atom. The van der Waals surface area contributed by atoms with Gasteiger partial charge in [0.2, 0.25) is 0 Å². The number of nitrogens with zero attached hydrogens (tertiary/aromatic N) is 3. The molecule has 1 saturated heterocycles. The third kappa shape index (κ3) is 4.98. The molecule has 10 heteroatoms. The average molecular weight is 569 g/mol. The number of halogens is 1. The molecular weight excluding hydrogens is 535 g/mol. The fraction of sp³-hybridized carbons (Fsp3) is 0.281.